The van der Waals surface area contributed by atoms with Gasteiger partial charge in [-0.2, -0.15) is 4.98 Å². The van der Waals surface area contributed by atoms with Crippen molar-refractivity contribution in [3.63, 3.8) is 0 Å². The first kappa shape index (κ1) is 16.5. The number of nitrogens with zero attached hydrogens (tertiary/aromatic N) is 3. The number of benzene rings is 1. The van der Waals surface area contributed by atoms with Gasteiger partial charge in [-0.25, -0.2) is 4.39 Å². The molecule has 1 aromatic carbocycles. The molecule has 2 heterocycles. The second-order valence-electron chi connectivity index (χ2n) is 6.66. The van der Waals surface area contributed by atoms with Gasteiger partial charge in [0.2, 0.25) is 5.91 Å². The van der Waals surface area contributed by atoms with Crippen LogP contribution in [0.1, 0.15) is 36.0 Å². The van der Waals surface area contributed by atoms with Crippen molar-refractivity contribution >= 4 is 11.6 Å². The average Bonchev–Trinajstić information content (AvgIpc) is 3.29. The molecule has 0 spiro atoms. The van der Waals surface area contributed by atoms with Gasteiger partial charge in [0, 0.05) is 23.0 Å². The lowest BCUT2D eigenvalue weighted by molar-refractivity contribution is -0.116. The fourth-order valence-electron chi connectivity index (χ4n) is 2.99. The number of anilines is 1. The van der Waals surface area contributed by atoms with Crippen LogP contribution in [0.25, 0.3) is 11.5 Å². The van der Waals surface area contributed by atoms with Gasteiger partial charge in [-0.1, -0.05) is 5.16 Å². The lowest BCUT2D eigenvalue weighted by atomic mass is 10.2. The molecule has 0 radical (unpaired) electrons. The van der Waals surface area contributed by atoms with E-state index in [0.29, 0.717) is 17.5 Å². The predicted molar refractivity (Wildman–Crippen MR) is 94.2 cm³/mol. The normalized spacial score (nSPS) is 13.8. The molecule has 0 atom stereocenters. The Morgan fingerprint density at radius 1 is 1.31 bits per heavy atom. The quantitative estimate of drug-likeness (QED) is 0.756. The van der Waals surface area contributed by atoms with E-state index in [1.54, 1.807) is 0 Å². The number of nitrogens with one attached hydrogen (secondary N) is 1. The van der Waals surface area contributed by atoms with Crippen molar-refractivity contribution in [3.8, 4) is 11.5 Å². The minimum atomic E-state index is -0.338. The standard InChI is InChI=1S/C19H19FN4O2/c1-11-9-16(19-22-18(23-26-19)13-3-4-13)12(2)24(11)10-17(25)21-15-7-5-14(20)6-8-15/h5-9,13H,3-4,10H2,1-2H3,(H,21,25). The lowest BCUT2D eigenvalue weighted by Crippen LogP contribution is -2.20. The molecule has 3 aromatic rings. The number of hydrogen-bond donors (Lipinski definition) is 1. The molecule has 4 rings (SSSR count). The molecule has 1 amide bonds. The van der Waals surface area contributed by atoms with Crippen LogP contribution < -0.4 is 5.32 Å². The summed E-state index contributed by atoms with van der Waals surface area (Å²) in [6.07, 6.45) is 2.23. The van der Waals surface area contributed by atoms with Crippen molar-refractivity contribution in [2.75, 3.05) is 5.32 Å². The van der Waals surface area contributed by atoms with E-state index in [0.717, 1.165) is 35.6 Å². The molecule has 7 heteroatoms. The summed E-state index contributed by atoms with van der Waals surface area (Å²) in [5, 5.41) is 6.82. The van der Waals surface area contributed by atoms with Crippen LogP contribution in [0.15, 0.2) is 34.9 Å². The van der Waals surface area contributed by atoms with Gasteiger partial charge < -0.3 is 14.4 Å². The smallest absolute Gasteiger partial charge is 0.259 e. The largest absolute Gasteiger partial charge is 0.339 e. The Hall–Kier alpha value is -2.96. The zero-order valence-electron chi connectivity index (χ0n) is 14.6. The summed E-state index contributed by atoms with van der Waals surface area (Å²) < 4.78 is 20.3. The van der Waals surface area contributed by atoms with Crippen molar-refractivity contribution in [1.82, 2.24) is 14.7 Å². The Bertz CT molecular complexity index is 955. The van der Waals surface area contributed by atoms with Crippen LogP contribution in [0.4, 0.5) is 10.1 Å². The SMILES string of the molecule is Cc1cc(-c2nc(C3CC3)no2)c(C)n1CC(=O)Nc1ccc(F)cc1. The van der Waals surface area contributed by atoms with E-state index in [1.807, 2.05) is 24.5 Å². The minimum Gasteiger partial charge on any atom is -0.339 e. The highest BCUT2D eigenvalue weighted by Gasteiger charge is 2.29. The molecule has 1 aliphatic rings. The summed E-state index contributed by atoms with van der Waals surface area (Å²) in [4.78, 5) is 16.8. The van der Waals surface area contributed by atoms with Gasteiger partial charge in [0.25, 0.3) is 5.89 Å². The maximum absolute atomic E-state index is 13.0. The molecule has 0 unspecified atom stereocenters. The van der Waals surface area contributed by atoms with E-state index in [-0.39, 0.29) is 18.3 Å². The molecule has 0 bridgehead atoms. The van der Waals surface area contributed by atoms with Gasteiger partial charge in [0.05, 0.1) is 5.56 Å². The molecule has 2 aromatic heterocycles. The molecule has 1 N–H and O–H groups in total. The topological polar surface area (TPSA) is 73.0 Å². The molecular weight excluding hydrogens is 335 g/mol. The number of amides is 1. The number of carbonyl (C=O) groups is 1. The van der Waals surface area contributed by atoms with Crippen molar-refractivity contribution in [3.05, 3.63) is 53.4 Å². The molecule has 1 aliphatic carbocycles. The van der Waals surface area contributed by atoms with Crippen LogP contribution >= 0.6 is 0 Å². The van der Waals surface area contributed by atoms with E-state index in [4.69, 9.17) is 4.52 Å². The van der Waals surface area contributed by atoms with Gasteiger partial charge in [-0.3, -0.25) is 4.79 Å². The number of hydrogen-bond acceptors (Lipinski definition) is 4. The number of aromatic nitrogens is 3. The second kappa shape index (κ2) is 6.40. The van der Waals surface area contributed by atoms with Crippen molar-refractivity contribution in [2.45, 2.75) is 39.2 Å². The van der Waals surface area contributed by atoms with Gasteiger partial charge in [0.15, 0.2) is 5.82 Å². The summed E-state index contributed by atoms with van der Waals surface area (Å²) in [6.45, 7) is 4.01. The van der Waals surface area contributed by atoms with Gasteiger partial charge in [-0.15, -0.1) is 0 Å². The highest BCUT2D eigenvalue weighted by atomic mass is 19.1. The van der Waals surface area contributed by atoms with Crippen LogP contribution in [0.2, 0.25) is 0 Å². The fourth-order valence-corrected chi connectivity index (χ4v) is 2.99. The van der Waals surface area contributed by atoms with Gasteiger partial charge in [0.1, 0.15) is 12.4 Å². The van der Waals surface area contributed by atoms with E-state index < -0.39 is 0 Å². The fraction of sp³-hybridized carbons (Fsp3) is 0.316. The Morgan fingerprint density at radius 2 is 2.04 bits per heavy atom. The third-order valence-electron chi connectivity index (χ3n) is 4.62. The summed E-state index contributed by atoms with van der Waals surface area (Å²) in [7, 11) is 0. The molecule has 6 nitrogen and oxygen atoms in total. The van der Waals surface area contributed by atoms with Crippen molar-refractivity contribution < 1.29 is 13.7 Å². The first-order valence-electron chi connectivity index (χ1n) is 8.57. The molecule has 134 valence electrons. The van der Waals surface area contributed by atoms with Gasteiger partial charge in [-0.05, 0) is 57.0 Å². The van der Waals surface area contributed by atoms with Crippen LogP contribution in [0.5, 0.6) is 0 Å². The third-order valence-corrected chi connectivity index (χ3v) is 4.62. The molecule has 0 aliphatic heterocycles. The number of rotatable bonds is 5. The van der Waals surface area contributed by atoms with Crippen LogP contribution in [-0.4, -0.2) is 20.6 Å². The van der Waals surface area contributed by atoms with Crippen LogP contribution in [0, 0.1) is 19.7 Å². The summed E-state index contributed by atoms with van der Waals surface area (Å²) >= 11 is 0. The Labute approximate surface area is 150 Å². The van der Waals surface area contributed by atoms with Crippen molar-refractivity contribution in [2.24, 2.45) is 0 Å². The van der Waals surface area contributed by atoms with Gasteiger partial charge >= 0.3 is 0 Å². The molecular formula is C19H19FN4O2. The maximum atomic E-state index is 13.0. The van der Waals surface area contributed by atoms with Crippen LogP contribution in [-0.2, 0) is 11.3 Å². The summed E-state index contributed by atoms with van der Waals surface area (Å²) in [5.41, 5.74) is 3.22. The second-order valence-corrected chi connectivity index (χ2v) is 6.66. The van der Waals surface area contributed by atoms with Crippen LogP contribution in [0.3, 0.4) is 0 Å². The zero-order valence-corrected chi connectivity index (χ0v) is 14.6. The first-order valence-corrected chi connectivity index (χ1v) is 8.57. The first-order chi connectivity index (χ1) is 12.5. The molecule has 1 fully saturated rings. The highest BCUT2D eigenvalue weighted by molar-refractivity contribution is 5.90. The Balaban J connectivity index is 1.52. The molecule has 1 saturated carbocycles. The van der Waals surface area contributed by atoms with E-state index >= 15 is 0 Å². The van der Waals surface area contributed by atoms with E-state index in [1.165, 1.54) is 24.3 Å². The Kier molecular flexibility index (Phi) is 4.06. The van der Waals surface area contributed by atoms with E-state index in [2.05, 4.69) is 15.5 Å². The maximum Gasteiger partial charge on any atom is 0.259 e. The minimum absolute atomic E-state index is 0.151. The number of halogens is 1. The Morgan fingerprint density at radius 3 is 2.73 bits per heavy atom. The zero-order chi connectivity index (χ0) is 18.3. The summed E-state index contributed by atoms with van der Waals surface area (Å²) in [6, 6.07) is 7.64. The lowest BCUT2D eigenvalue weighted by Gasteiger charge is -2.10. The van der Waals surface area contributed by atoms with Crippen molar-refractivity contribution in [1.29, 1.82) is 0 Å². The number of aryl methyl sites for hydroxylation is 1. The summed E-state index contributed by atoms with van der Waals surface area (Å²) in [5.74, 6) is 1.16. The third kappa shape index (κ3) is 3.24. The molecule has 26 heavy (non-hydrogen) atoms. The average molecular weight is 354 g/mol. The highest BCUT2D eigenvalue weighted by Crippen LogP contribution is 2.39. The monoisotopic (exact) mass is 354 g/mol. The molecule has 0 saturated heterocycles. The van der Waals surface area contributed by atoms with E-state index in [9.17, 15) is 9.18 Å². The number of carbonyl (C=O) groups excluding carboxylic acids is 1. The predicted octanol–water partition coefficient (Wildman–Crippen LogP) is 3.81.